The molecule has 0 spiro atoms. The van der Waals surface area contributed by atoms with Gasteiger partial charge < -0.3 is 15.0 Å². The minimum atomic E-state index is -0.0553. The van der Waals surface area contributed by atoms with E-state index >= 15 is 0 Å². The number of amides is 2. The van der Waals surface area contributed by atoms with Crippen LogP contribution in [0.15, 0.2) is 48.5 Å². The molecule has 3 rings (SSSR count). The Morgan fingerprint density at radius 1 is 1.12 bits per heavy atom. The van der Waals surface area contributed by atoms with E-state index in [4.69, 9.17) is 16.3 Å². The fourth-order valence-corrected chi connectivity index (χ4v) is 3.01. The number of likely N-dealkylation sites (tertiary alicyclic amines) is 1. The molecular weight excluding hydrogens is 336 g/mol. The van der Waals surface area contributed by atoms with E-state index in [2.05, 4.69) is 24.4 Å². The molecule has 2 amide bonds. The number of anilines is 1. The van der Waals surface area contributed by atoms with Crippen molar-refractivity contribution in [1.29, 1.82) is 0 Å². The summed E-state index contributed by atoms with van der Waals surface area (Å²) >= 11 is 5.86. The molecule has 1 heterocycles. The van der Waals surface area contributed by atoms with Crippen LogP contribution in [0.3, 0.4) is 0 Å². The predicted molar refractivity (Wildman–Crippen MR) is 101 cm³/mol. The highest BCUT2D eigenvalue weighted by Crippen LogP contribution is 2.21. The number of ether oxygens (including phenoxy) is 1. The predicted octanol–water partition coefficient (Wildman–Crippen LogP) is 4.97. The van der Waals surface area contributed by atoms with Gasteiger partial charge in [-0.3, -0.25) is 0 Å². The Morgan fingerprint density at radius 2 is 1.76 bits per heavy atom. The molecule has 0 aliphatic carbocycles. The molecule has 0 bridgehead atoms. The number of hydrogen-bond donors (Lipinski definition) is 1. The topological polar surface area (TPSA) is 41.6 Å². The number of nitrogens with one attached hydrogen (secondary N) is 1. The fourth-order valence-electron chi connectivity index (χ4n) is 2.89. The highest BCUT2D eigenvalue weighted by Gasteiger charge is 2.23. The average molecular weight is 359 g/mol. The molecule has 132 valence electrons. The third-order valence-corrected chi connectivity index (χ3v) is 4.76. The van der Waals surface area contributed by atoms with Crippen molar-refractivity contribution in [3.63, 3.8) is 0 Å². The fraction of sp³-hybridized carbons (Fsp3) is 0.350. The van der Waals surface area contributed by atoms with Crippen LogP contribution in [0.1, 0.15) is 18.4 Å². The molecule has 0 saturated carbocycles. The number of benzene rings is 2. The number of hydrogen-bond acceptors (Lipinski definition) is 2. The van der Waals surface area contributed by atoms with Gasteiger partial charge in [0.05, 0.1) is 6.61 Å². The van der Waals surface area contributed by atoms with Crippen molar-refractivity contribution in [2.75, 3.05) is 25.0 Å². The normalized spacial score (nSPS) is 15.0. The second-order valence-electron chi connectivity index (χ2n) is 6.49. The molecule has 1 fully saturated rings. The molecule has 1 aliphatic rings. The highest BCUT2D eigenvalue weighted by molar-refractivity contribution is 6.30. The second-order valence-corrected chi connectivity index (χ2v) is 6.93. The molecule has 2 aromatic carbocycles. The molecule has 0 aromatic heterocycles. The first-order chi connectivity index (χ1) is 12.1. The molecular formula is C20H23ClN2O2. The number of nitrogens with zero attached hydrogens (tertiary/aromatic N) is 1. The first kappa shape index (κ1) is 17.6. The Balaban J connectivity index is 1.42. The smallest absolute Gasteiger partial charge is 0.321 e. The van der Waals surface area contributed by atoms with E-state index in [0.717, 1.165) is 37.4 Å². The van der Waals surface area contributed by atoms with Gasteiger partial charge in [0, 0.05) is 23.8 Å². The summed E-state index contributed by atoms with van der Waals surface area (Å²) in [6.07, 6.45) is 1.92. The number of halogens is 1. The Bertz CT molecular complexity index is 693. The summed E-state index contributed by atoms with van der Waals surface area (Å²) in [4.78, 5) is 14.2. The lowest BCUT2D eigenvalue weighted by molar-refractivity contribution is 0.152. The standard InChI is InChI=1S/C20H23ClN2O2/c1-15-2-8-19(9-3-15)25-14-16-10-12-23(13-11-16)20(24)22-18-6-4-17(21)5-7-18/h2-9,16H,10-14H2,1H3,(H,22,24). The van der Waals surface area contributed by atoms with Crippen LogP contribution < -0.4 is 10.1 Å². The van der Waals surface area contributed by atoms with Crippen LogP contribution in [0.5, 0.6) is 5.75 Å². The van der Waals surface area contributed by atoms with Crippen molar-refractivity contribution < 1.29 is 9.53 Å². The van der Waals surface area contributed by atoms with E-state index in [1.807, 2.05) is 29.2 Å². The minimum Gasteiger partial charge on any atom is -0.493 e. The van der Waals surface area contributed by atoms with Gasteiger partial charge in [-0.2, -0.15) is 0 Å². The molecule has 1 saturated heterocycles. The maximum absolute atomic E-state index is 12.3. The quantitative estimate of drug-likeness (QED) is 0.838. The summed E-state index contributed by atoms with van der Waals surface area (Å²) in [6, 6.07) is 15.2. The maximum Gasteiger partial charge on any atom is 0.321 e. The van der Waals surface area contributed by atoms with Gasteiger partial charge in [0.25, 0.3) is 0 Å². The summed E-state index contributed by atoms with van der Waals surface area (Å²) in [5, 5.41) is 3.57. The zero-order valence-electron chi connectivity index (χ0n) is 14.4. The molecule has 0 unspecified atom stereocenters. The Labute approximate surface area is 153 Å². The van der Waals surface area contributed by atoms with Crippen LogP contribution >= 0.6 is 11.6 Å². The average Bonchev–Trinajstić information content (AvgIpc) is 2.63. The Morgan fingerprint density at radius 3 is 2.40 bits per heavy atom. The molecule has 25 heavy (non-hydrogen) atoms. The van der Waals surface area contributed by atoms with Crippen LogP contribution in [0.2, 0.25) is 5.02 Å². The second kappa shape index (κ2) is 8.26. The van der Waals surface area contributed by atoms with Crippen LogP contribution in [0.4, 0.5) is 10.5 Å². The third-order valence-electron chi connectivity index (χ3n) is 4.50. The summed E-state index contributed by atoms with van der Waals surface area (Å²) in [7, 11) is 0. The van der Waals surface area contributed by atoms with Crippen LogP contribution in [0.25, 0.3) is 0 Å². The van der Waals surface area contributed by atoms with Crippen LogP contribution in [-0.2, 0) is 0 Å². The zero-order chi connectivity index (χ0) is 17.6. The lowest BCUT2D eigenvalue weighted by Crippen LogP contribution is -2.42. The van der Waals surface area contributed by atoms with E-state index in [1.165, 1.54) is 5.56 Å². The van der Waals surface area contributed by atoms with Gasteiger partial charge in [-0.15, -0.1) is 0 Å². The Kier molecular flexibility index (Phi) is 5.82. The van der Waals surface area contributed by atoms with Crippen LogP contribution in [-0.4, -0.2) is 30.6 Å². The van der Waals surface area contributed by atoms with E-state index in [9.17, 15) is 4.79 Å². The SMILES string of the molecule is Cc1ccc(OCC2CCN(C(=O)Nc3ccc(Cl)cc3)CC2)cc1. The first-order valence-corrected chi connectivity index (χ1v) is 8.99. The monoisotopic (exact) mass is 358 g/mol. The van der Waals surface area contributed by atoms with Crippen molar-refractivity contribution in [2.24, 2.45) is 5.92 Å². The first-order valence-electron chi connectivity index (χ1n) is 8.61. The van der Waals surface area contributed by atoms with Gasteiger partial charge in [-0.05, 0) is 62.1 Å². The highest BCUT2D eigenvalue weighted by atomic mass is 35.5. The number of rotatable bonds is 4. The largest absolute Gasteiger partial charge is 0.493 e. The van der Waals surface area contributed by atoms with E-state index in [1.54, 1.807) is 12.1 Å². The lowest BCUT2D eigenvalue weighted by Gasteiger charge is -2.31. The molecule has 0 atom stereocenters. The summed E-state index contributed by atoms with van der Waals surface area (Å²) in [5.41, 5.74) is 1.99. The number of piperidine rings is 1. The van der Waals surface area contributed by atoms with Gasteiger partial charge in [-0.25, -0.2) is 4.79 Å². The summed E-state index contributed by atoms with van der Waals surface area (Å²) in [6.45, 7) is 4.27. The van der Waals surface area contributed by atoms with Crippen LogP contribution in [0, 0.1) is 12.8 Å². The molecule has 4 nitrogen and oxygen atoms in total. The van der Waals surface area contributed by atoms with E-state index in [0.29, 0.717) is 17.5 Å². The molecule has 1 N–H and O–H groups in total. The maximum atomic E-state index is 12.3. The van der Waals surface area contributed by atoms with Gasteiger partial charge in [0.2, 0.25) is 0 Å². The zero-order valence-corrected chi connectivity index (χ0v) is 15.1. The number of carbonyl (C=O) groups is 1. The Hall–Kier alpha value is -2.20. The van der Waals surface area contributed by atoms with E-state index < -0.39 is 0 Å². The summed E-state index contributed by atoms with van der Waals surface area (Å²) in [5.74, 6) is 1.40. The molecule has 1 aliphatic heterocycles. The van der Waals surface area contributed by atoms with E-state index in [-0.39, 0.29) is 6.03 Å². The molecule has 5 heteroatoms. The van der Waals surface area contributed by atoms with Gasteiger partial charge in [-0.1, -0.05) is 29.3 Å². The minimum absolute atomic E-state index is 0.0553. The van der Waals surface area contributed by atoms with Gasteiger partial charge in [0.15, 0.2) is 0 Å². The molecule has 0 radical (unpaired) electrons. The number of carbonyl (C=O) groups excluding carboxylic acids is 1. The number of urea groups is 1. The van der Waals surface area contributed by atoms with Crippen molar-refractivity contribution in [3.05, 3.63) is 59.1 Å². The third kappa shape index (κ3) is 5.13. The van der Waals surface area contributed by atoms with Crippen molar-refractivity contribution >= 4 is 23.3 Å². The lowest BCUT2D eigenvalue weighted by atomic mass is 9.98. The summed E-state index contributed by atoms with van der Waals surface area (Å²) < 4.78 is 5.87. The van der Waals surface area contributed by atoms with Gasteiger partial charge >= 0.3 is 6.03 Å². The molecule has 2 aromatic rings. The van der Waals surface area contributed by atoms with Crippen molar-refractivity contribution in [2.45, 2.75) is 19.8 Å². The van der Waals surface area contributed by atoms with Gasteiger partial charge in [0.1, 0.15) is 5.75 Å². The van der Waals surface area contributed by atoms with Crippen molar-refractivity contribution in [1.82, 2.24) is 4.90 Å². The number of aryl methyl sites for hydroxylation is 1. The van der Waals surface area contributed by atoms with Crippen molar-refractivity contribution in [3.8, 4) is 5.75 Å².